The van der Waals surface area contributed by atoms with Crippen LogP contribution in [0.2, 0.25) is 13.1 Å². The van der Waals surface area contributed by atoms with Gasteiger partial charge in [0.1, 0.15) is 0 Å². The zero-order chi connectivity index (χ0) is 31.9. The Kier molecular flexibility index (Phi) is 15.9. The molecule has 0 atom stereocenters. The van der Waals surface area contributed by atoms with Gasteiger partial charge < -0.3 is 0 Å². The molecule has 0 amide bonds. The first-order chi connectivity index (χ1) is 21.5. The molecular formula is C40H44Cl2SiZr. The zero-order valence-electron chi connectivity index (χ0n) is 27.0. The first-order valence-corrected chi connectivity index (χ1v) is 23.9. The molecule has 0 unspecified atom stereocenters. The molecule has 6 rings (SSSR count). The topological polar surface area (TPSA) is 0 Å². The average molecular weight is 715 g/mol. The standard InChI is InChI=1S/2C19H19.C2H6Si.2ClH.Zr/c2*1-3-14-12-17-11-10-15(4-2)19(18(17)13-14)16-8-6-5-7-9-16;1-3-2;;;/h2*5-13H,3-4H2,1-2H3;1-2H3;2*1H;/q2*-1;;;;+4/p-2. The summed E-state index contributed by atoms with van der Waals surface area (Å²) >= 11 is -0.826. The summed E-state index contributed by atoms with van der Waals surface area (Å²) in [5.74, 6) is 0. The molecule has 0 nitrogen and oxygen atoms in total. The normalized spacial score (nSPS) is 10.2. The zero-order valence-corrected chi connectivity index (χ0v) is 31.9. The van der Waals surface area contributed by atoms with Gasteiger partial charge in [0.2, 0.25) is 0 Å². The Morgan fingerprint density at radius 2 is 0.886 bits per heavy atom. The van der Waals surface area contributed by atoms with E-state index in [2.05, 4.69) is 150 Å². The van der Waals surface area contributed by atoms with Gasteiger partial charge in [0.15, 0.2) is 0 Å². The summed E-state index contributed by atoms with van der Waals surface area (Å²) in [5, 5.41) is 5.55. The van der Waals surface area contributed by atoms with Gasteiger partial charge in [-0.05, 0) is 36.8 Å². The van der Waals surface area contributed by atoms with Gasteiger partial charge >= 0.3 is 37.9 Å². The van der Waals surface area contributed by atoms with Gasteiger partial charge in [-0.3, -0.25) is 0 Å². The van der Waals surface area contributed by atoms with Gasteiger partial charge in [-0.1, -0.05) is 124 Å². The van der Waals surface area contributed by atoms with Crippen LogP contribution in [0.5, 0.6) is 0 Å². The van der Waals surface area contributed by atoms with Crippen molar-refractivity contribution in [1.29, 1.82) is 0 Å². The number of rotatable bonds is 6. The van der Waals surface area contributed by atoms with Gasteiger partial charge in [-0.15, -0.1) is 69.1 Å². The number of hydrogen-bond acceptors (Lipinski definition) is 0. The number of fused-ring (bicyclic) bond motifs is 2. The van der Waals surface area contributed by atoms with Crippen molar-refractivity contribution in [2.45, 2.75) is 66.5 Å². The third-order valence-corrected chi connectivity index (χ3v) is 7.78. The van der Waals surface area contributed by atoms with E-state index < -0.39 is 20.8 Å². The minimum absolute atomic E-state index is 0.826. The minimum atomic E-state index is -0.826. The molecule has 0 heterocycles. The van der Waals surface area contributed by atoms with Crippen LogP contribution in [0.15, 0.2) is 109 Å². The Hall–Kier alpha value is -2.22. The number of hydrogen-bond donors (Lipinski definition) is 0. The first kappa shape index (κ1) is 36.3. The van der Waals surface area contributed by atoms with E-state index in [0.717, 1.165) is 35.2 Å². The summed E-state index contributed by atoms with van der Waals surface area (Å²) in [5.41, 5.74) is 11.2. The van der Waals surface area contributed by atoms with E-state index in [4.69, 9.17) is 17.0 Å². The number of benzene rings is 4. The Morgan fingerprint density at radius 3 is 1.18 bits per heavy atom. The second-order valence-electron chi connectivity index (χ2n) is 10.7. The molecule has 0 saturated heterocycles. The molecule has 0 fully saturated rings. The molecule has 6 aromatic rings. The van der Waals surface area contributed by atoms with E-state index in [1.807, 2.05) is 0 Å². The fraction of sp³-hybridized carbons (Fsp3) is 0.250. The molecule has 0 N–H and O–H groups in total. The van der Waals surface area contributed by atoms with Crippen LogP contribution in [-0.4, -0.2) is 9.52 Å². The quantitative estimate of drug-likeness (QED) is 0.119. The van der Waals surface area contributed by atoms with Crippen molar-refractivity contribution in [2.75, 3.05) is 0 Å². The number of halogens is 2. The predicted molar refractivity (Wildman–Crippen MR) is 197 cm³/mol. The van der Waals surface area contributed by atoms with Gasteiger partial charge in [0, 0.05) is 9.52 Å². The van der Waals surface area contributed by atoms with Crippen LogP contribution >= 0.6 is 17.0 Å². The van der Waals surface area contributed by atoms with Crippen LogP contribution in [0.4, 0.5) is 0 Å². The van der Waals surface area contributed by atoms with E-state index in [-0.39, 0.29) is 0 Å². The van der Waals surface area contributed by atoms with Crippen LogP contribution in [0.25, 0.3) is 43.8 Å². The SMILES string of the molecule is CCc1cc2c(-c3ccccc3)c(CC)ccc2[cH-]1.CCc1cc2c(-c3ccccc3)c(CC)ccc2[cH-]1.C[Si]C.[Cl][Zr+2][Cl]. The Labute approximate surface area is 287 Å². The molecule has 0 bridgehead atoms. The van der Waals surface area contributed by atoms with E-state index >= 15 is 0 Å². The predicted octanol–water partition coefficient (Wildman–Crippen LogP) is 12.9. The van der Waals surface area contributed by atoms with Crippen molar-refractivity contribution in [3.8, 4) is 22.3 Å². The molecule has 4 heteroatoms. The van der Waals surface area contributed by atoms with Gasteiger partial charge in [-0.25, -0.2) is 0 Å². The van der Waals surface area contributed by atoms with E-state index in [0.29, 0.717) is 0 Å². The third-order valence-electron chi connectivity index (χ3n) is 7.78. The monoisotopic (exact) mass is 712 g/mol. The van der Waals surface area contributed by atoms with Crippen LogP contribution in [0, 0.1) is 0 Å². The van der Waals surface area contributed by atoms with E-state index in [1.54, 1.807) is 0 Å². The molecule has 0 aliphatic rings. The second-order valence-corrected chi connectivity index (χ2v) is 15.4. The molecule has 0 saturated carbocycles. The molecule has 0 aromatic heterocycles. The average Bonchev–Trinajstić information content (AvgIpc) is 3.69. The summed E-state index contributed by atoms with van der Waals surface area (Å²) in [6.07, 6.45) is 4.36. The summed E-state index contributed by atoms with van der Waals surface area (Å²) in [6, 6.07) is 40.0. The molecular weight excluding hydrogens is 671 g/mol. The fourth-order valence-electron chi connectivity index (χ4n) is 5.67. The maximum absolute atomic E-state index is 4.93. The van der Waals surface area contributed by atoms with Gasteiger partial charge in [0.25, 0.3) is 0 Å². The summed E-state index contributed by atoms with van der Waals surface area (Å²) in [7, 11) is 11.0. The molecule has 0 aliphatic heterocycles. The van der Waals surface area contributed by atoms with E-state index in [9.17, 15) is 0 Å². The summed E-state index contributed by atoms with van der Waals surface area (Å²) < 4.78 is 0. The second kappa shape index (κ2) is 19.3. The van der Waals surface area contributed by atoms with Crippen molar-refractivity contribution in [3.63, 3.8) is 0 Å². The third kappa shape index (κ3) is 9.40. The van der Waals surface area contributed by atoms with Crippen LogP contribution in [0.3, 0.4) is 0 Å². The molecule has 6 aromatic carbocycles. The van der Waals surface area contributed by atoms with Crippen LogP contribution < -0.4 is 0 Å². The molecule has 226 valence electrons. The van der Waals surface area contributed by atoms with Crippen molar-refractivity contribution in [3.05, 3.63) is 131 Å². The van der Waals surface area contributed by atoms with Crippen LogP contribution in [0.1, 0.15) is 49.9 Å². The molecule has 44 heavy (non-hydrogen) atoms. The fourth-order valence-corrected chi connectivity index (χ4v) is 5.67. The molecule has 0 spiro atoms. The van der Waals surface area contributed by atoms with Gasteiger partial charge in [0.05, 0.1) is 0 Å². The first-order valence-electron chi connectivity index (χ1n) is 15.6. The van der Waals surface area contributed by atoms with Crippen molar-refractivity contribution in [1.82, 2.24) is 0 Å². The van der Waals surface area contributed by atoms with Gasteiger partial charge in [-0.2, -0.15) is 12.1 Å². The maximum atomic E-state index is 4.93. The Morgan fingerprint density at radius 1 is 0.545 bits per heavy atom. The van der Waals surface area contributed by atoms with E-state index in [1.165, 1.54) is 66.1 Å². The summed E-state index contributed by atoms with van der Waals surface area (Å²) in [4.78, 5) is 0. The Balaban J connectivity index is 0.000000204. The Bertz CT molecular complexity index is 1560. The molecule has 0 aliphatic carbocycles. The summed E-state index contributed by atoms with van der Waals surface area (Å²) in [6.45, 7) is 13.2. The molecule has 2 radical (unpaired) electrons. The van der Waals surface area contributed by atoms with Crippen molar-refractivity contribution in [2.24, 2.45) is 0 Å². The van der Waals surface area contributed by atoms with Crippen molar-refractivity contribution < 1.29 is 20.8 Å². The van der Waals surface area contributed by atoms with Crippen molar-refractivity contribution >= 4 is 48.1 Å². The van der Waals surface area contributed by atoms with Crippen LogP contribution in [-0.2, 0) is 46.5 Å². The number of aryl methyl sites for hydroxylation is 4.